The molecule has 1 aromatic rings. The maximum atomic E-state index is 11.8. The van der Waals surface area contributed by atoms with Crippen molar-refractivity contribution in [3.8, 4) is 0 Å². The summed E-state index contributed by atoms with van der Waals surface area (Å²) in [7, 11) is 0. The summed E-state index contributed by atoms with van der Waals surface area (Å²) in [6, 6.07) is 4.71. The van der Waals surface area contributed by atoms with Crippen LogP contribution in [0.15, 0.2) is 18.2 Å². The largest absolute Gasteiger partial charge is 0.444 e. The number of carbonyl (C=O) groups is 2. The highest BCUT2D eigenvalue weighted by Gasteiger charge is 2.28. The smallest absolute Gasteiger partial charge is 0.408 e. The molecule has 0 saturated heterocycles. The lowest BCUT2D eigenvalue weighted by Crippen LogP contribution is -2.38. The fraction of sp³-hybridized carbons (Fsp3) is 0.429. The van der Waals surface area contributed by atoms with Crippen molar-refractivity contribution >= 4 is 29.3 Å². The summed E-state index contributed by atoms with van der Waals surface area (Å²) in [6.45, 7) is 5.35. The zero-order valence-corrected chi connectivity index (χ0v) is 12.4. The molecular formula is C14H17ClN2O3. The van der Waals surface area contributed by atoms with Gasteiger partial charge in [0.05, 0.1) is 12.5 Å². The third kappa shape index (κ3) is 3.63. The van der Waals surface area contributed by atoms with Gasteiger partial charge in [0.25, 0.3) is 0 Å². The van der Waals surface area contributed by atoms with Gasteiger partial charge in [0.1, 0.15) is 5.60 Å². The molecule has 0 fully saturated rings. The van der Waals surface area contributed by atoms with E-state index >= 15 is 0 Å². The van der Waals surface area contributed by atoms with Crippen molar-refractivity contribution < 1.29 is 14.3 Å². The van der Waals surface area contributed by atoms with E-state index in [4.69, 9.17) is 16.3 Å². The maximum absolute atomic E-state index is 11.8. The van der Waals surface area contributed by atoms with Crippen LogP contribution in [0.2, 0.25) is 5.02 Å². The van der Waals surface area contributed by atoms with E-state index in [0.717, 1.165) is 5.56 Å². The summed E-state index contributed by atoms with van der Waals surface area (Å²) in [4.78, 5) is 23.5. The number of alkyl carbamates (subject to hydrolysis) is 1. The molecule has 5 nitrogen and oxygen atoms in total. The van der Waals surface area contributed by atoms with Crippen molar-refractivity contribution in [3.05, 3.63) is 28.8 Å². The van der Waals surface area contributed by atoms with Gasteiger partial charge in [0.2, 0.25) is 5.91 Å². The molecule has 20 heavy (non-hydrogen) atoms. The summed E-state index contributed by atoms with van der Waals surface area (Å²) >= 11 is 5.96. The summed E-state index contributed by atoms with van der Waals surface area (Å²) < 4.78 is 5.21. The average Bonchev–Trinajstić information content (AvgIpc) is 2.27. The summed E-state index contributed by atoms with van der Waals surface area (Å²) in [5, 5.41) is 6.01. The average molecular weight is 297 g/mol. The molecule has 0 aliphatic carbocycles. The zero-order valence-electron chi connectivity index (χ0n) is 11.6. The molecule has 0 saturated carbocycles. The second kappa shape index (κ2) is 5.32. The second-order valence-corrected chi connectivity index (χ2v) is 6.12. The van der Waals surface area contributed by atoms with Gasteiger partial charge in [0.15, 0.2) is 0 Å². The van der Waals surface area contributed by atoms with Crippen molar-refractivity contribution in [1.82, 2.24) is 5.32 Å². The zero-order chi connectivity index (χ0) is 14.9. The summed E-state index contributed by atoms with van der Waals surface area (Å²) in [6.07, 6.45) is -0.393. The molecule has 2 amide bonds. The first-order valence-corrected chi connectivity index (χ1v) is 6.71. The number of hydrogen-bond acceptors (Lipinski definition) is 3. The normalized spacial score (nSPS) is 18.0. The number of halogens is 1. The molecule has 1 atom stereocenters. The highest BCUT2D eigenvalue weighted by atomic mass is 35.5. The molecule has 2 N–H and O–H groups in total. The highest BCUT2D eigenvalue weighted by Crippen LogP contribution is 2.32. The molecule has 1 aliphatic heterocycles. The monoisotopic (exact) mass is 296 g/mol. The lowest BCUT2D eigenvalue weighted by Gasteiger charge is -2.28. The van der Waals surface area contributed by atoms with Gasteiger partial charge in [-0.1, -0.05) is 11.6 Å². The molecule has 1 aliphatic rings. The Hall–Kier alpha value is -1.75. The molecule has 0 spiro atoms. The molecule has 0 aromatic heterocycles. The quantitative estimate of drug-likeness (QED) is 0.836. The molecule has 1 heterocycles. The van der Waals surface area contributed by atoms with Crippen molar-refractivity contribution in [2.75, 3.05) is 5.32 Å². The molecule has 0 bridgehead atoms. The van der Waals surface area contributed by atoms with Crippen molar-refractivity contribution in [1.29, 1.82) is 0 Å². The van der Waals surface area contributed by atoms with E-state index in [0.29, 0.717) is 10.7 Å². The van der Waals surface area contributed by atoms with Crippen molar-refractivity contribution in [2.45, 2.75) is 38.8 Å². The van der Waals surface area contributed by atoms with Crippen molar-refractivity contribution in [3.63, 3.8) is 0 Å². The van der Waals surface area contributed by atoms with Crippen LogP contribution < -0.4 is 10.6 Å². The summed E-state index contributed by atoms with van der Waals surface area (Å²) in [5.41, 5.74) is 0.854. The van der Waals surface area contributed by atoms with Crippen LogP contribution in [0, 0.1) is 0 Å². The standard InChI is InChI=1S/C14H17ClN2O3/c1-14(2,3)20-13(19)17-11-7-12(18)16-10-5-4-8(15)6-9(10)11/h4-6,11H,7H2,1-3H3,(H,16,18)(H,17,19). The minimum atomic E-state index is -0.585. The first-order chi connectivity index (χ1) is 9.24. The van der Waals surface area contributed by atoms with Gasteiger partial charge in [0, 0.05) is 16.3 Å². The molecular weight excluding hydrogens is 280 g/mol. The van der Waals surface area contributed by atoms with Gasteiger partial charge in [-0.3, -0.25) is 4.79 Å². The van der Waals surface area contributed by atoms with E-state index in [2.05, 4.69) is 10.6 Å². The Labute approximate surface area is 122 Å². The Morgan fingerprint density at radius 3 is 2.80 bits per heavy atom. The topological polar surface area (TPSA) is 67.4 Å². The SMILES string of the molecule is CC(C)(C)OC(=O)NC1CC(=O)Nc2ccc(Cl)cc21. The number of hydrogen-bond donors (Lipinski definition) is 2. The number of fused-ring (bicyclic) bond motifs is 1. The second-order valence-electron chi connectivity index (χ2n) is 5.68. The number of nitrogens with one attached hydrogen (secondary N) is 2. The van der Waals surface area contributed by atoms with Crippen LogP contribution in [-0.4, -0.2) is 17.6 Å². The Balaban J connectivity index is 2.19. The van der Waals surface area contributed by atoms with E-state index in [1.807, 2.05) is 0 Å². The van der Waals surface area contributed by atoms with Crippen LogP contribution in [-0.2, 0) is 9.53 Å². The summed E-state index contributed by atoms with van der Waals surface area (Å²) in [5.74, 6) is -0.152. The fourth-order valence-electron chi connectivity index (χ4n) is 2.01. The molecule has 0 radical (unpaired) electrons. The Morgan fingerprint density at radius 1 is 1.45 bits per heavy atom. The number of amides is 2. The molecule has 1 aromatic carbocycles. The number of ether oxygens (including phenoxy) is 1. The van der Waals surface area contributed by atoms with Crippen molar-refractivity contribution in [2.24, 2.45) is 0 Å². The Morgan fingerprint density at radius 2 is 2.15 bits per heavy atom. The van der Waals surface area contributed by atoms with E-state index in [1.165, 1.54) is 0 Å². The molecule has 2 rings (SSSR count). The molecule has 108 valence electrons. The van der Waals surface area contributed by atoms with E-state index in [1.54, 1.807) is 39.0 Å². The van der Waals surface area contributed by atoms with Gasteiger partial charge in [-0.05, 0) is 39.0 Å². The maximum Gasteiger partial charge on any atom is 0.408 e. The fourth-order valence-corrected chi connectivity index (χ4v) is 2.19. The van der Waals surface area contributed by atoms with Gasteiger partial charge < -0.3 is 15.4 Å². The van der Waals surface area contributed by atoms with Crippen LogP contribution in [0.1, 0.15) is 38.8 Å². The minimum Gasteiger partial charge on any atom is -0.444 e. The minimum absolute atomic E-state index is 0.152. The Bertz CT molecular complexity index is 552. The predicted octanol–water partition coefficient (Wildman–Crippen LogP) is 3.25. The third-order valence-electron chi connectivity index (χ3n) is 2.74. The first kappa shape index (κ1) is 14.7. The lowest BCUT2D eigenvalue weighted by atomic mass is 9.97. The first-order valence-electron chi connectivity index (χ1n) is 6.33. The van der Waals surface area contributed by atoms with Crippen LogP contribution >= 0.6 is 11.6 Å². The van der Waals surface area contributed by atoms with E-state index in [-0.39, 0.29) is 12.3 Å². The molecule has 1 unspecified atom stereocenters. The highest BCUT2D eigenvalue weighted by molar-refractivity contribution is 6.30. The predicted molar refractivity (Wildman–Crippen MR) is 76.8 cm³/mol. The van der Waals surface area contributed by atoms with Crippen LogP contribution in [0.5, 0.6) is 0 Å². The number of rotatable bonds is 1. The molecule has 6 heteroatoms. The van der Waals surface area contributed by atoms with Gasteiger partial charge in [-0.2, -0.15) is 0 Å². The lowest BCUT2D eigenvalue weighted by molar-refractivity contribution is -0.117. The van der Waals surface area contributed by atoms with Gasteiger partial charge in [-0.25, -0.2) is 4.79 Å². The van der Waals surface area contributed by atoms with E-state index in [9.17, 15) is 9.59 Å². The van der Waals surface area contributed by atoms with Gasteiger partial charge >= 0.3 is 6.09 Å². The number of anilines is 1. The van der Waals surface area contributed by atoms with Crippen LogP contribution in [0.25, 0.3) is 0 Å². The van der Waals surface area contributed by atoms with Crippen LogP contribution in [0.4, 0.5) is 10.5 Å². The van der Waals surface area contributed by atoms with E-state index < -0.39 is 17.7 Å². The van der Waals surface area contributed by atoms with Gasteiger partial charge in [-0.15, -0.1) is 0 Å². The number of benzene rings is 1. The third-order valence-corrected chi connectivity index (χ3v) is 2.98. The Kier molecular flexibility index (Phi) is 3.90. The van der Waals surface area contributed by atoms with Crippen LogP contribution in [0.3, 0.4) is 0 Å². The number of carbonyl (C=O) groups excluding carboxylic acids is 2.